The first-order chi connectivity index (χ1) is 34.6. The molecule has 13 rings (SSSR count). The third-order valence-electron chi connectivity index (χ3n) is 13.7. The molecule has 70 heavy (non-hydrogen) atoms. The van der Waals surface area contributed by atoms with Crippen LogP contribution in [0.4, 0.5) is 5.69 Å². The van der Waals surface area contributed by atoms with Gasteiger partial charge in [0, 0.05) is 16.7 Å². The Kier molecular flexibility index (Phi) is 9.85. The fourth-order valence-electron chi connectivity index (χ4n) is 10.3. The van der Waals surface area contributed by atoms with Crippen LogP contribution in [-0.2, 0) is 0 Å². The predicted molar refractivity (Wildman–Crippen MR) is 289 cm³/mol. The molecule has 11 aromatic carbocycles. The summed E-state index contributed by atoms with van der Waals surface area (Å²) in [4.78, 5) is 19.2. The van der Waals surface area contributed by atoms with Crippen LogP contribution >= 0.6 is 0 Å². The molecular weight excluding hydrogens is 849 g/mol. The van der Waals surface area contributed by atoms with E-state index in [9.17, 15) is 0 Å². The van der Waals surface area contributed by atoms with Gasteiger partial charge >= 0.3 is 0 Å². The summed E-state index contributed by atoms with van der Waals surface area (Å²) in [6.45, 7) is 8.07. The molecule has 0 bridgehead atoms. The minimum absolute atomic E-state index is 0.602. The van der Waals surface area contributed by atoms with Crippen LogP contribution in [0.5, 0.6) is 0 Å². The van der Waals surface area contributed by atoms with Gasteiger partial charge in [-0.25, -0.2) is 19.8 Å². The van der Waals surface area contributed by atoms with E-state index in [0.29, 0.717) is 23.2 Å². The van der Waals surface area contributed by atoms with Crippen LogP contribution in [0.25, 0.3) is 138 Å². The predicted octanol–water partition coefficient (Wildman–Crippen LogP) is 17.7. The van der Waals surface area contributed by atoms with Gasteiger partial charge in [-0.3, -0.25) is 0 Å². The Hall–Kier alpha value is -9.56. The number of rotatable bonds is 8. The molecule has 12 aromatic rings. The van der Waals surface area contributed by atoms with Crippen molar-refractivity contribution in [1.29, 1.82) is 0 Å². The second-order valence-corrected chi connectivity index (χ2v) is 17.8. The Morgan fingerprint density at radius 3 is 1.36 bits per heavy atom. The quantitative estimate of drug-likeness (QED) is 0.143. The van der Waals surface area contributed by atoms with Gasteiger partial charge in [0.25, 0.3) is 0 Å². The van der Waals surface area contributed by atoms with E-state index in [2.05, 4.69) is 205 Å². The molecule has 0 fully saturated rings. The molecule has 0 radical (unpaired) electrons. The van der Waals surface area contributed by atoms with Crippen molar-refractivity contribution in [1.82, 2.24) is 15.0 Å². The molecule has 324 valence electrons. The Morgan fingerprint density at radius 1 is 0.257 bits per heavy atom. The molecular formula is C66H40N4. The zero-order valence-electron chi connectivity index (χ0n) is 37.9. The summed E-state index contributed by atoms with van der Waals surface area (Å²) in [6, 6.07) is 85.3. The number of fused-ring (bicyclic) bond motifs is 4. The normalized spacial score (nSPS) is 11.4. The lowest BCUT2D eigenvalue weighted by Gasteiger charge is -2.13. The minimum atomic E-state index is 0.602. The van der Waals surface area contributed by atoms with E-state index in [1.807, 2.05) is 42.5 Å². The van der Waals surface area contributed by atoms with Crippen LogP contribution in [0.3, 0.4) is 0 Å². The van der Waals surface area contributed by atoms with Gasteiger partial charge in [0.15, 0.2) is 23.2 Å². The monoisotopic (exact) mass is 888 g/mol. The topological polar surface area (TPSA) is 43.0 Å². The lowest BCUT2D eigenvalue weighted by molar-refractivity contribution is 1.07. The summed E-state index contributed by atoms with van der Waals surface area (Å²) in [6.07, 6.45) is 0. The summed E-state index contributed by atoms with van der Waals surface area (Å²) in [5.74, 6) is 1.83. The maximum absolute atomic E-state index is 8.07. The van der Waals surface area contributed by atoms with E-state index in [-0.39, 0.29) is 0 Å². The van der Waals surface area contributed by atoms with Crippen LogP contribution in [-0.4, -0.2) is 15.0 Å². The van der Waals surface area contributed by atoms with E-state index in [1.54, 1.807) is 0 Å². The van der Waals surface area contributed by atoms with Crippen molar-refractivity contribution in [2.75, 3.05) is 0 Å². The molecule has 0 spiro atoms. The Bertz CT molecular complexity index is 4040. The lowest BCUT2D eigenvalue weighted by atomic mass is 9.91. The largest absolute Gasteiger partial charge is 0.238 e. The van der Waals surface area contributed by atoms with Crippen molar-refractivity contribution >= 4 is 27.2 Å². The van der Waals surface area contributed by atoms with E-state index in [1.165, 1.54) is 49.4 Å². The van der Waals surface area contributed by atoms with Gasteiger partial charge in [-0.2, -0.15) is 0 Å². The first-order valence-corrected chi connectivity index (χ1v) is 23.5. The number of aromatic nitrogens is 3. The molecule has 1 heterocycles. The van der Waals surface area contributed by atoms with Gasteiger partial charge in [-0.05, 0) is 136 Å². The Labute approximate surface area is 406 Å². The van der Waals surface area contributed by atoms with Crippen LogP contribution in [0.1, 0.15) is 0 Å². The van der Waals surface area contributed by atoms with Gasteiger partial charge in [0.05, 0.1) is 6.57 Å². The molecule has 1 aromatic heterocycles. The van der Waals surface area contributed by atoms with E-state index in [4.69, 9.17) is 21.5 Å². The molecule has 0 aliphatic heterocycles. The third kappa shape index (κ3) is 7.22. The highest BCUT2D eigenvalue weighted by molar-refractivity contribution is 6.18. The van der Waals surface area contributed by atoms with E-state index in [0.717, 1.165) is 66.8 Å². The fourth-order valence-corrected chi connectivity index (χ4v) is 10.3. The van der Waals surface area contributed by atoms with E-state index < -0.39 is 0 Å². The molecule has 0 atom stereocenters. The average Bonchev–Trinajstić information content (AvgIpc) is 3.77. The van der Waals surface area contributed by atoms with Crippen molar-refractivity contribution in [2.45, 2.75) is 0 Å². The summed E-state index contributed by atoms with van der Waals surface area (Å²) >= 11 is 0. The number of benzene rings is 11. The zero-order valence-corrected chi connectivity index (χ0v) is 37.9. The highest BCUT2D eigenvalue weighted by Gasteiger charge is 2.22. The fraction of sp³-hybridized carbons (Fsp3) is 0. The van der Waals surface area contributed by atoms with Gasteiger partial charge in [-0.1, -0.05) is 206 Å². The molecule has 1 aliphatic carbocycles. The van der Waals surface area contributed by atoms with Crippen LogP contribution in [0.2, 0.25) is 0 Å². The average molecular weight is 889 g/mol. The maximum atomic E-state index is 8.07. The molecule has 0 unspecified atom stereocenters. The van der Waals surface area contributed by atoms with Crippen molar-refractivity contribution in [2.24, 2.45) is 0 Å². The van der Waals surface area contributed by atoms with Crippen molar-refractivity contribution in [3.8, 4) is 112 Å². The van der Waals surface area contributed by atoms with Crippen molar-refractivity contribution in [3.63, 3.8) is 0 Å². The SMILES string of the molecule is [C-]#[N+]c1cc(-c2ccc(-c3cccc(-c4nc(-c5ccccc5)nc(-c5cccc(-c6cccc7ccccc67)c5)n4)c3)cc2)cc(-c2cccc(-c3ccc4c5c(cccc35)-c3ccccc3-4)c2)c1. The summed E-state index contributed by atoms with van der Waals surface area (Å²) in [5, 5.41) is 4.96. The van der Waals surface area contributed by atoms with Gasteiger partial charge in [-0.15, -0.1) is 0 Å². The first-order valence-electron chi connectivity index (χ1n) is 23.5. The van der Waals surface area contributed by atoms with E-state index >= 15 is 0 Å². The molecule has 4 nitrogen and oxygen atoms in total. The van der Waals surface area contributed by atoms with Gasteiger partial charge in [0.2, 0.25) is 0 Å². The Morgan fingerprint density at radius 2 is 0.657 bits per heavy atom. The van der Waals surface area contributed by atoms with Gasteiger partial charge in [0.1, 0.15) is 0 Å². The van der Waals surface area contributed by atoms with Crippen LogP contribution in [0, 0.1) is 6.57 Å². The zero-order chi connectivity index (χ0) is 46.5. The van der Waals surface area contributed by atoms with Crippen LogP contribution < -0.4 is 0 Å². The number of hydrogen-bond acceptors (Lipinski definition) is 3. The minimum Gasteiger partial charge on any atom is -0.238 e. The highest BCUT2D eigenvalue weighted by Crippen LogP contribution is 2.49. The summed E-state index contributed by atoms with van der Waals surface area (Å²) in [5.41, 5.74) is 19.3. The van der Waals surface area contributed by atoms with Crippen molar-refractivity contribution in [3.05, 3.63) is 254 Å². The lowest BCUT2D eigenvalue weighted by Crippen LogP contribution is -2.00. The highest BCUT2D eigenvalue weighted by atomic mass is 15.0. The molecule has 0 saturated heterocycles. The second-order valence-electron chi connectivity index (χ2n) is 17.8. The maximum Gasteiger partial charge on any atom is 0.188 e. The van der Waals surface area contributed by atoms with Crippen molar-refractivity contribution < 1.29 is 0 Å². The molecule has 0 N–H and O–H groups in total. The second kappa shape index (κ2) is 16.9. The molecule has 4 heteroatoms. The third-order valence-corrected chi connectivity index (χ3v) is 13.7. The smallest absolute Gasteiger partial charge is 0.188 e. The Balaban J connectivity index is 0.823. The summed E-state index contributed by atoms with van der Waals surface area (Å²) in [7, 11) is 0. The number of hydrogen-bond donors (Lipinski definition) is 0. The molecule has 0 amide bonds. The van der Waals surface area contributed by atoms with Crippen LogP contribution in [0.15, 0.2) is 243 Å². The molecule has 1 aliphatic rings. The number of nitrogens with zero attached hydrogens (tertiary/aromatic N) is 4. The summed E-state index contributed by atoms with van der Waals surface area (Å²) < 4.78 is 0. The standard InChI is InChI=1S/C66H40N4/c1-67-54-40-52(39-53(41-54)47-19-9-20-48(36-47)57-34-35-62-59-26-8-7-25-58(59)61-29-13-28-60(57)63(61)62)43-32-30-42(31-33-43)46-18-10-22-50(37-46)65-68-64(45-15-3-2-4-16-45)69-66(70-65)51-23-11-21-49(38-51)56-27-12-17-44-14-5-6-24-55(44)56/h2-41H. The van der Waals surface area contributed by atoms with Gasteiger partial charge < -0.3 is 0 Å². The molecule has 0 saturated carbocycles. The first kappa shape index (κ1) is 40.7.